The van der Waals surface area contributed by atoms with E-state index >= 15 is 0 Å². The Bertz CT molecular complexity index is 453. The number of aliphatic hydroxyl groups excluding tert-OH is 1. The van der Waals surface area contributed by atoms with Crippen LogP contribution in [0, 0.1) is 11.7 Å². The minimum Gasteiger partial charge on any atom is -0.489 e. The first kappa shape index (κ1) is 18.2. The summed E-state index contributed by atoms with van der Waals surface area (Å²) < 4.78 is 18.3. The van der Waals surface area contributed by atoms with Crippen LogP contribution in [0.15, 0.2) is 24.3 Å². The summed E-state index contributed by atoms with van der Waals surface area (Å²) in [6.45, 7) is 6.25. The zero-order valence-electron chi connectivity index (χ0n) is 13.3. The van der Waals surface area contributed by atoms with E-state index in [1.807, 2.05) is 13.8 Å². The number of hydrogen-bond donors (Lipinski definition) is 3. The van der Waals surface area contributed by atoms with Crippen molar-refractivity contribution in [2.24, 2.45) is 5.92 Å². The lowest BCUT2D eigenvalue weighted by Gasteiger charge is -2.19. The molecule has 22 heavy (non-hydrogen) atoms. The summed E-state index contributed by atoms with van der Waals surface area (Å²) in [7, 11) is 0. The quantitative estimate of drug-likeness (QED) is 0.690. The van der Waals surface area contributed by atoms with Crippen LogP contribution < -0.4 is 15.4 Å². The molecular formula is C16H25FN2O3. The normalized spacial score (nSPS) is 14.8. The van der Waals surface area contributed by atoms with Crippen molar-refractivity contribution in [3.63, 3.8) is 0 Å². The van der Waals surface area contributed by atoms with E-state index in [0.29, 0.717) is 12.3 Å². The smallest absolute Gasteiger partial charge is 0.315 e. The molecule has 3 unspecified atom stereocenters. The van der Waals surface area contributed by atoms with Crippen molar-refractivity contribution in [1.29, 1.82) is 0 Å². The number of nitrogens with one attached hydrogen (secondary N) is 2. The predicted molar refractivity (Wildman–Crippen MR) is 83.4 cm³/mol. The average Bonchev–Trinajstić information content (AvgIpc) is 2.52. The number of hydrogen-bond acceptors (Lipinski definition) is 3. The van der Waals surface area contributed by atoms with E-state index in [0.717, 1.165) is 6.42 Å². The maximum absolute atomic E-state index is 12.8. The number of carbonyl (C=O) groups excluding carboxylic acids is 1. The molecule has 0 aliphatic rings. The number of ether oxygens (including phenoxy) is 1. The number of carbonyl (C=O) groups is 1. The zero-order chi connectivity index (χ0) is 16.5. The van der Waals surface area contributed by atoms with Gasteiger partial charge in [-0.2, -0.15) is 0 Å². The van der Waals surface area contributed by atoms with Crippen molar-refractivity contribution in [2.75, 3.05) is 13.1 Å². The molecule has 0 aliphatic carbocycles. The molecule has 0 radical (unpaired) electrons. The number of urea groups is 1. The Morgan fingerprint density at radius 1 is 1.23 bits per heavy atom. The van der Waals surface area contributed by atoms with Gasteiger partial charge in [0, 0.05) is 6.54 Å². The number of halogens is 1. The Labute approximate surface area is 130 Å². The monoisotopic (exact) mass is 312 g/mol. The third kappa shape index (κ3) is 6.76. The molecule has 6 heteroatoms. The standard InChI is InChI=1S/C16H25FN2O3/c1-4-11(2)15(20)10-19-16(21)18-9-12(3)22-14-7-5-13(17)6-8-14/h5-8,11-12,15,20H,4,9-10H2,1-3H3,(H2,18,19,21). The summed E-state index contributed by atoms with van der Waals surface area (Å²) in [4.78, 5) is 11.6. The zero-order valence-corrected chi connectivity index (χ0v) is 13.3. The van der Waals surface area contributed by atoms with Gasteiger partial charge in [-0.1, -0.05) is 20.3 Å². The number of aliphatic hydroxyl groups is 1. The van der Waals surface area contributed by atoms with Gasteiger partial charge in [-0.25, -0.2) is 9.18 Å². The maximum atomic E-state index is 12.8. The van der Waals surface area contributed by atoms with Gasteiger partial charge in [-0.3, -0.25) is 0 Å². The first-order valence-corrected chi connectivity index (χ1v) is 7.54. The highest BCUT2D eigenvalue weighted by Gasteiger charge is 2.13. The van der Waals surface area contributed by atoms with Crippen molar-refractivity contribution < 1.29 is 19.0 Å². The first-order chi connectivity index (χ1) is 10.4. The van der Waals surface area contributed by atoms with E-state index in [2.05, 4.69) is 10.6 Å². The topological polar surface area (TPSA) is 70.6 Å². The largest absolute Gasteiger partial charge is 0.489 e. The molecule has 1 aromatic carbocycles. The highest BCUT2D eigenvalue weighted by atomic mass is 19.1. The summed E-state index contributed by atoms with van der Waals surface area (Å²) in [6.07, 6.45) is 0.0480. The third-order valence-electron chi connectivity index (χ3n) is 3.47. The molecule has 2 amide bonds. The van der Waals surface area contributed by atoms with Crippen molar-refractivity contribution in [2.45, 2.75) is 39.4 Å². The molecule has 0 bridgehead atoms. The van der Waals surface area contributed by atoms with Crippen LogP contribution in [-0.2, 0) is 0 Å². The van der Waals surface area contributed by atoms with E-state index in [1.54, 1.807) is 6.92 Å². The fourth-order valence-corrected chi connectivity index (χ4v) is 1.76. The van der Waals surface area contributed by atoms with Crippen LogP contribution >= 0.6 is 0 Å². The van der Waals surface area contributed by atoms with Crippen LogP contribution in [0.4, 0.5) is 9.18 Å². The van der Waals surface area contributed by atoms with Gasteiger partial charge < -0.3 is 20.5 Å². The Hall–Kier alpha value is -1.82. The Balaban J connectivity index is 2.24. The number of rotatable bonds is 8. The second-order valence-electron chi connectivity index (χ2n) is 5.43. The van der Waals surface area contributed by atoms with Crippen LogP contribution in [0.3, 0.4) is 0 Å². The van der Waals surface area contributed by atoms with Crippen LogP contribution in [0.2, 0.25) is 0 Å². The molecule has 124 valence electrons. The van der Waals surface area contributed by atoms with Crippen LogP contribution in [0.1, 0.15) is 27.2 Å². The van der Waals surface area contributed by atoms with Gasteiger partial charge in [0.2, 0.25) is 0 Å². The van der Waals surface area contributed by atoms with Gasteiger partial charge in [0.25, 0.3) is 0 Å². The first-order valence-electron chi connectivity index (χ1n) is 7.54. The fraction of sp³-hybridized carbons (Fsp3) is 0.562. The predicted octanol–water partition coefficient (Wildman–Crippen LogP) is 2.30. The molecule has 3 N–H and O–H groups in total. The van der Waals surface area contributed by atoms with E-state index in [1.165, 1.54) is 24.3 Å². The molecule has 0 aliphatic heterocycles. The molecule has 3 atom stereocenters. The second kappa shape index (κ2) is 9.25. The van der Waals surface area contributed by atoms with E-state index in [4.69, 9.17) is 4.74 Å². The van der Waals surface area contributed by atoms with E-state index < -0.39 is 6.10 Å². The SMILES string of the molecule is CCC(C)C(O)CNC(=O)NCC(C)Oc1ccc(F)cc1. The van der Waals surface area contributed by atoms with Crippen molar-refractivity contribution in [3.8, 4) is 5.75 Å². The summed E-state index contributed by atoms with van der Waals surface area (Å²) in [5, 5.41) is 15.0. The maximum Gasteiger partial charge on any atom is 0.315 e. The van der Waals surface area contributed by atoms with E-state index in [9.17, 15) is 14.3 Å². The van der Waals surface area contributed by atoms with Crippen molar-refractivity contribution in [3.05, 3.63) is 30.1 Å². The van der Waals surface area contributed by atoms with Gasteiger partial charge in [0.05, 0.1) is 12.6 Å². The molecule has 0 saturated carbocycles. The van der Waals surface area contributed by atoms with Gasteiger partial charge >= 0.3 is 6.03 Å². The molecule has 0 aromatic heterocycles. The van der Waals surface area contributed by atoms with Crippen LogP contribution in [-0.4, -0.2) is 36.4 Å². The molecule has 0 heterocycles. The molecule has 5 nitrogen and oxygen atoms in total. The third-order valence-corrected chi connectivity index (χ3v) is 3.47. The second-order valence-corrected chi connectivity index (χ2v) is 5.43. The minimum atomic E-state index is -0.552. The molecule has 0 saturated heterocycles. The number of amides is 2. The van der Waals surface area contributed by atoms with Crippen molar-refractivity contribution in [1.82, 2.24) is 10.6 Å². The summed E-state index contributed by atoms with van der Waals surface area (Å²) >= 11 is 0. The lowest BCUT2D eigenvalue weighted by atomic mass is 10.0. The summed E-state index contributed by atoms with van der Waals surface area (Å²) in [6, 6.07) is 5.36. The Kier molecular flexibility index (Phi) is 7.66. The molecular weight excluding hydrogens is 287 g/mol. The van der Waals surface area contributed by atoms with Gasteiger partial charge in [-0.15, -0.1) is 0 Å². The van der Waals surface area contributed by atoms with Gasteiger partial charge in [0.1, 0.15) is 17.7 Å². The van der Waals surface area contributed by atoms with Gasteiger partial charge in [0.15, 0.2) is 0 Å². The van der Waals surface area contributed by atoms with E-state index in [-0.39, 0.29) is 30.4 Å². The summed E-state index contributed by atoms with van der Waals surface area (Å²) in [5.41, 5.74) is 0. The minimum absolute atomic E-state index is 0.140. The summed E-state index contributed by atoms with van der Waals surface area (Å²) in [5.74, 6) is 0.363. The lowest BCUT2D eigenvalue weighted by Crippen LogP contribution is -2.44. The Morgan fingerprint density at radius 2 is 1.82 bits per heavy atom. The highest BCUT2D eigenvalue weighted by molar-refractivity contribution is 5.73. The average molecular weight is 312 g/mol. The molecule has 0 fully saturated rings. The van der Waals surface area contributed by atoms with Crippen LogP contribution in [0.5, 0.6) is 5.75 Å². The lowest BCUT2D eigenvalue weighted by molar-refractivity contribution is 0.114. The molecule has 0 spiro atoms. The molecule has 1 aromatic rings. The van der Waals surface area contributed by atoms with Crippen LogP contribution in [0.25, 0.3) is 0 Å². The molecule has 1 rings (SSSR count). The fourth-order valence-electron chi connectivity index (χ4n) is 1.76. The van der Waals surface area contributed by atoms with Gasteiger partial charge in [-0.05, 0) is 37.1 Å². The number of benzene rings is 1. The Morgan fingerprint density at radius 3 is 2.41 bits per heavy atom. The van der Waals surface area contributed by atoms with Crippen molar-refractivity contribution >= 4 is 6.03 Å². The highest BCUT2D eigenvalue weighted by Crippen LogP contribution is 2.12.